The first kappa shape index (κ1) is 18.2. The predicted octanol–water partition coefficient (Wildman–Crippen LogP) is 1.75. The molecule has 0 spiro atoms. The van der Waals surface area contributed by atoms with Crippen molar-refractivity contribution >= 4 is 47.2 Å². The Hall–Kier alpha value is -0.820. The number of piperidine rings is 1. The Balaban J connectivity index is 0.00000220. The van der Waals surface area contributed by atoms with Crippen molar-refractivity contribution in [1.82, 2.24) is 10.2 Å². The van der Waals surface area contributed by atoms with E-state index >= 15 is 0 Å². The highest BCUT2D eigenvalue weighted by Crippen LogP contribution is 2.25. The smallest absolute Gasteiger partial charge is 0.263 e. The van der Waals surface area contributed by atoms with E-state index in [2.05, 4.69) is 5.32 Å². The summed E-state index contributed by atoms with van der Waals surface area (Å²) in [6.45, 7) is 2.05. The van der Waals surface area contributed by atoms with Crippen molar-refractivity contribution in [3.63, 3.8) is 0 Å². The molecule has 0 saturated carbocycles. The molecule has 5 nitrogen and oxygen atoms in total. The van der Waals surface area contributed by atoms with Crippen molar-refractivity contribution in [3.8, 4) is 0 Å². The topological polar surface area (TPSA) is 75.4 Å². The third-order valence-electron chi connectivity index (χ3n) is 3.31. The van der Waals surface area contributed by atoms with Crippen molar-refractivity contribution in [1.29, 1.82) is 0 Å². The van der Waals surface area contributed by atoms with Crippen LogP contribution in [0.3, 0.4) is 0 Å². The van der Waals surface area contributed by atoms with E-state index in [1.165, 1.54) is 11.3 Å². The normalized spacial score (nSPS) is 18.0. The standard InChI is InChI=1S/C13H18ClN3O2S.ClH/c14-11-4-3-10(20-11)13(19)17-7-1-2-9(8-17)12(18)16-6-5-15;/h3-4,9H,1-2,5-8,15H2,(H,16,18);1H. The molecule has 118 valence electrons. The Morgan fingerprint density at radius 3 is 2.86 bits per heavy atom. The molecule has 1 fully saturated rings. The second-order valence-electron chi connectivity index (χ2n) is 4.77. The van der Waals surface area contributed by atoms with E-state index < -0.39 is 0 Å². The quantitative estimate of drug-likeness (QED) is 0.867. The summed E-state index contributed by atoms with van der Waals surface area (Å²) in [5.41, 5.74) is 5.37. The molecule has 2 rings (SSSR count). The highest BCUT2D eigenvalue weighted by Gasteiger charge is 2.29. The molecule has 1 atom stereocenters. The van der Waals surface area contributed by atoms with Crippen LogP contribution in [0, 0.1) is 5.92 Å². The third kappa shape index (κ3) is 4.85. The van der Waals surface area contributed by atoms with Gasteiger partial charge in [-0.15, -0.1) is 23.7 Å². The van der Waals surface area contributed by atoms with Gasteiger partial charge < -0.3 is 16.0 Å². The number of nitrogens with zero attached hydrogens (tertiary/aromatic N) is 1. The van der Waals surface area contributed by atoms with E-state index in [0.29, 0.717) is 35.4 Å². The number of nitrogens with one attached hydrogen (secondary N) is 1. The van der Waals surface area contributed by atoms with Gasteiger partial charge in [-0.3, -0.25) is 9.59 Å². The minimum atomic E-state index is -0.144. The summed E-state index contributed by atoms with van der Waals surface area (Å²) in [5, 5.41) is 2.78. The van der Waals surface area contributed by atoms with Gasteiger partial charge in [0.2, 0.25) is 5.91 Å². The van der Waals surface area contributed by atoms with Crippen LogP contribution in [0.25, 0.3) is 0 Å². The molecule has 21 heavy (non-hydrogen) atoms. The van der Waals surface area contributed by atoms with E-state index in [1.54, 1.807) is 17.0 Å². The molecule has 1 unspecified atom stereocenters. The number of nitrogens with two attached hydrogens (primary N) is 1. The van der Waals surface area contributed by atoms with Crippen LogP contribution in [-0.4, -0.2) is 42.9 Å². The fraction of sp³-hybridized carbons (Fsp3) is 0.538. The zero-order valence-corrected chi connectivity index (χ0v) is 13.9. The number of carbonyl (C=O) groups is 2. The average molecular weight is 352 g/mol. The highest BCUT2D eigenvalue weighted by molar-refractivity contribution is 7.17. The van der Waals surface area contributed by atoms with E-state index in [4.69, 9.17) is 17.3 Å². The molecule has 0 aliphatic carbocycles. The molecule has 1 saturated heterocycles. The Labute approximate surface area is 139 Å². The number of carbonyl (C=O) groups excluding carboxylic acids is 2. The summed E-state index contributed by atoms with van der Waals surface area (Å²) in [6, 6.07) is 3.45. The van der Waals surface area contributed by atoms with Crippen LogP contribution in [0.2, 0.25) is 4.34 Å². The van der Waals surface area contributed by atoms with Crippen LogP contribution in [0.4, 0.5) is 0 Å². The maximum atomic E-state index is 12.3. The highest BCUT2D eigenvalue weighted by atomic mass is 35.5. The Kier molecular flexibility index (Phi) is 7.45. The zero-order chi connectivity index (χ0) is 14.5. The summed E-state index contributed by atoms with van der Waals surface area (Å²) in [6.07, 6.45) is 1.65. The fourth-order valence-electron chi connectivity index (χ4n) is 2.30. The number of rotatable bonds is 4. The van der Waals surface area contributed by atoms with E-state index in [9.17, 15) is 9.59 Å². The van der Waals surface area contributed by atoms with Gasteiger partial charge in [-0.2, -0.15) is 0 Å². The molecule has 0 aromatic carbocycles. The summed E-state index contributed by atoms with van der Waals surface area (Å²) in [4.78, 5) is 26.6. The van der Waals surface area contributed by atoms with Crippen LogP contribution in [0.5, 0.6) is 0 Å². The van der Waals surface area contributed by atoms with Gasteiger partial charge in [0.15, 0.2) is 0 Å². The van der Waals surface area contributed by atoms with Crippen LogP contribution in [0.1, 0.15) is 22.5 Å². The number of hydrogen-bond acceptors (Lipinski definition) is 4. The molecule has 3 N–H and O–H groups in total. The van der Waals surface area contributed by atoms with E-state index in [1.807, 2.05) is 0 Å². The van der Waals surface area contributed by atoms with Gasteiger partial charge in [-0.05, 0) is 25.0 Å². The van der Waals surface area contributed by atoms with Crippen molar-refractivity contribution in [3.05, 3.63) is 21.3 Å². The average Bonchev–Trinajstić information content (AvgIpc) is 2.90. The first-order chi connectivity index (χ1) is 9.61. The molecule has 2 amide bonds. The van der Waals surface area contributed by atoms with Crippen molar-refractivity contribution < 1.29 is 9.59 Å². The number of hydrogen-bond donors (Lipinski definition) is 2. The van der Waals surface area contributed by atoms with Gasteiger partial charge in [-0.1, -0.05) is 11.6 Å². The molecule has 1 aromatic heterocycles. The van der Waals surface area contributed by atoms with Crippen molar-refractivity contribution in [2.75, 3.05) is 26.2 Å². The molecule has 8 heteroatoms. The maximum absolute atomic E-state index is 12.3. The fourth-order valence-corrected chi connectivity index (χ4v) is 3.31. The molecule has 0 radical (unpaired) electrons. The van der Waals surface area contributed by atoms with Crippen LogP contribution in [0.15, 0.2) is 12.1 Å². The molecule has 0 bridgehead atoms. The first-order valence-corrected chi connectivity index (χ1v) is 7.83. The zero-order valence-electron chi connectivity index (χ0n) is 11.5. The van der Waals surface area contributed by atoms with Gasteiger partial charge in [0, 0.05) is 26.2 Å². The summed E-state index contributed by atoms with van der Waals surface area (Å²) in [5.74, 6) is -0.204. The third-order valence-corrected chi connectivity index (χ3v) is 4.53. The predicted molar refractivity (Wildman–Crippen MR) is 87.3 cm³/mol. The molecule has 1 aliphatic heterocycles. The second kappa shape index (κ2) is 8.58. The maximum Gasteiger partial charge on any atom is 0.263 e. The van der Waals surface area contributed by atoms with Gasteiger partial charge in [0.25, 0.3) is 5.91 Å². The second-order valence-corrected chi connectivity index (χ2v) is 6.49. The Morgan fingerprint density at radius 2 is 2.24 bits per heavy atom. The van der Waals surface area contributed by atoms with Gasteiger partial charge in [0.05, 0.1) is 15.1 Å². The monoisotopic (exact) mass is 351 g/mol. The van der Waals surface area contributed by atoms with Gasteiger partial charge in [0.1, 0.15) is 0 Å². The molecule has 2 heterocycles. The first-order valence-electron chi connectivity index (χ1n) is 6.64. The van der Waals surface area contributed by atoms with Crippen LogP contribution >= 0.6 is 35.3 Å². The lowest BCUT2D eigenvalue weighted by molar-refractivity contribution is -0.126. The molecule has 1 aromatic rings. The lowest BCUT2D eigenvalue weighted by Gasteiger charge is -2.31. The largest absolute Gasteiger partial charge is 0.355 e. The SMILES string of the molecule is Cl.NCCNC(=O)C1CCCN(C(=O)c2ccc(Cl)s2)C1. The van der Waals surface area contributed by atoms with Gasteiger partial charge >= 0.3 is 0 Å². The summed E-state index contributed by atoms with van der Waals surface area (Å²) >= 11 is 7.12. The molecule has 1 aliphatic rings. The van der Waals surface area contributed by atoms with Gasteiger partial charge in [-0.25, -0.2) is 0 Å². The van der Waals surface area contributed by atoms with E-state index in [-0.39, 0.29) is 30.1 Å². The number of halogens is 2. The summed E-state index contributed by atoms with van der Waals surface area (Å²) in [7, 11) is 0. The minimum Gasteiger partial charge on any atom is -0.355 e. The number of thiophene rings is 1. The summed E-state index contributed by atoms with van der Waals surface area (Å²) < 4.78 is 0.600. The molecular weight excluding hydrogens is 333 g/mol. The molecular formula is C13H19Cl2N3O2S. The van der Waals surface area contributed by atoms with E-state index in [0.717, 1.165) is 12.8 Å². The lowest BCUT2D eigenvalue weighted by atomic mass is 9.97. The minimum absolute atomic E-state index is 0. The lowest BCUT2D eigenvalue weighted by Crippen LogP contribution is -2.46. The van der Waals surface area contributed by atoms with Crippen molar-refractivity contribution in [2.45, 2.75) is 12.8 Å². The van der Waals surface area contributed by atoms with Crippen LogP contribution < -0.4 is 11.1 Å². The van der Waals surface area contributed by atoms with Crippen LogP contribution in [-0.2, 0) is 4.79 Å². The number of likely N-dealkylation sites (tertiary alicyclic amines) is 1. The Bertz CT molecular complexity index is 496. The Morgan fingerprint density at radius 1 is 1.48 bits per heavy atom. The number of amides is 2. The van der Waals surface area contributed by atoms with Crippen molar-refractivity contribution in [2.24, 2.45) is 11.7 Å².